The van der Waals surface area contributed by atoms with E-state index in [0.717, 1.165) is 103 Å². The zero-order valence-electron chi connectivity index (χ0n) is 43.6. The van der Waals surface area contributed by atoms with Crippen molar-refractivity contribution in [2.75, 3.05) is 26.4 Å². The van der Waals surface area contributed by atoms with Crippen LogP contribution in [0.3, 0.4) is 0 Å². The highest BCUT2D eigenvalue weighted by molar-refractivity contribution is 7.47. The van der Waals surface area contributed by atoms with Gasteiger partial charge >= 0.3 is 25.7 Å². The summed E-state index contributed by atoms with van der Waals surface area (Å²) in [5.74, 6) is -1.48. The van der Waals surface area contributed by atoms with E-state index in [1.54, 1.807) is 0 Å². The molecule has 0 aliphatic rings. The van der Waals surface area contributed by atoms with Gasteiger partial charge in [0.25, 0.3) is 0 Å². The van der Waals surface area contributed by atoms with Crippen molar-refractivity contribution in [3.8, 4) is 0 Å². The molecule has 0 fully saturated rings. The van der Waals surface area contributed by atoms with Crippen LogP contribution >= 0.6 is 7.82 Å². The van der Waals surface area contributed by atoms with Crippen molar-refractivity contribution in [3.05, 3.63) is 48.6 Å². The molecule has 0 bridgehead atoms. The van der Waals surface area contributed by atoms with E-state index < -0.39 is 57.8 Å². The van der Waals surface area contributed by atoms with E-state index >= 15 is 0 Å². The number of ether oxygens (including phenoxy) is 3. The van der Waals surface area contributed by atoms with Gasteiger partial charge in [-0.15, -0.1) is 0 Å². The fourth-order valence-electron chi connectivity index (χ4n) is 7.48. The minimum atomic E-state index is -4.74. The third-order valence-electron chi connectivity index (χ3n) is 11.7. The molecule has 0 aromatic rings. The van der Waals surface area contributed by atoms with Crippen molar-refractivity contribution in [2.24, 2.45) is 0 Å². The smallest absolute Gasteiger partial charge is 0.462 e. The highest BCUT2D eigenvalue weighted by Gasteiger charge is 2.28. The maximum atomic E-state index is 12.9. The SMILES string of the molecule is CCC/C=C\C/C=C\CCCCCCCC(=O)OCC(COP(=O)(O)OCC(CO)OC(=O)CCCCCCCCCCCCC)OC(=O)CCCCCCCCC/C=C\C/C=C\CCCCC. The molecule has 0 aromatic heterocycles. The number of hydrogen-bond donors (Lipinski definition) is 2. The van der Waals surface area contributed by atoms with Gasteiger partial charge in [0.15, 0.2) is 6.10 Å². The lowest BCUT2D eigenvalue weighted by Crippen LogP contribution is -2.30. The second kappa shape index (κ2) is 50.8. The maximum Gasteiger partial charge on any atom is 0.472 e. The Kier molecular flexibility index (Phi) is 48.9. The van der Waals surface area contributed by atoms with Crippen LogP contribution in [-0.2, 0) is 42.2 Å². The van der Waals surface area contributed by atoms with Gasteiger partial charge in [0.1, 0.15) is 12.7 Å². The molecule has 3 unspecified atom stereocenters. The molecule has 0 aromatic carbocycles. The highest BCUT2D eigenvalue weighted by Crippen LogP contribution is 2.43. The monoisotopic (exact) mass is 981 g/mol. The summed E-state index contributed by atoms with van der Waals surface area (Å²) in [5.41, 5.74) is 0. The number of unbranched alkanes of at least 4 members (excludes halogenated alkanes) is 26. The summed E-state index contributed by atoms with van der Waals surface area (Å²) >= 11 is 0. The zero-order valence-corrected chi connectivity index (χ0v) is 44.5. The number of rotatable bonds is 51. The van der Waals surface area contributed by atoms with E-state index in [4.69, 9.17) is 23.3 Å². The van der Waals surface area contributed by atoms with Crippen LogP contribution in [0.5, 0.6) is 0 Å². The first-order chi connectivity index (χ1) is 33.2. The van der Waals surface area contributed by atoms with E-state index in [1.165, 1.54) is 89.9 Å². The van der Waals surface area contributed by atoms with Crippen LogP contribution in [0.1, 0.15) is 252 Å². The molecule has 0 heterocycles. The molecule has 396 valence electrons. The molecular weight excluding hydrogens is 880 g/mol. The van der Waals surface area contributed by atoms with Gasteiger partial charge in [-0.3, -0.25) is 23.4 Å². The van der Waals surface area contributed by atoms with Crippen molar-refractivity contribution in [3.63, 3.8) is 0 Å². The molecule has 0 aliphatic carbocycles. The molecule has 0 aliphatic heterocycles. The summed E-state index contributed by atoms with van der Waals surface area (Å²) in [5, 5.41) is 9.77. The highest BCUT2D eigenvalue weighted by atomic mass is 31.2. The fourth-order valence-corrected chi connectivity index (χ4v) is 8.27. The summed E-state index contributed by atoms with van der Waals surface area (Å²) in [6.45, 7) is 4.53. The van der Waals surface area contributed by atoms with Crippen molar-refractivity contribution in [2.45, 2.75) is 264 Å². The van der Waals surface area contributed by atoms with Gasteiger partial charge < -0.3 is 24.2 Å². The first-order valence-electron chi connectivity index (χ1n) is 27.5. The van der Waals surface area contributed by atoms with Crippen molar-refractivity contribution < 1.29 is 52.2 Å². The minimum Gasteiger partial charge on any atom is -0.462 e. The summed E-state index contributed by atoms with van der Waals surface area (Å²) in [6, 6.07) is 0. The number of carbonyl (C=O) groups is 3. The molecule has 0 saturated carbocycles. The molecule has 3 atom stereocenters. The number of allylic oxidation sites excluding steroid dienone is 8. The molecule has 0 rings (SSSR count). The molecule has 2 N–H and O–H groups in total. The number of aliphatic hydroxyl groups is 1. The van der Waals surface area contributed by atoms with Crippen LogP contribution in [0.15, 0.2) is 48.6 Å². The van der Waals surface area contributed by atoms with Crippen molar-refractivity contribution >= 4 is 25.7 Å². The number of esters is 3. The van der Waals surface area contributed by atoms with E-state index in [0.29, 0.717) is 19.3 Å². The predicted octanol–water partition coefficient (Wildman–Crippen LogP) is 15.8. The topological polar surface area (TPSA) is 155 Å². The summed E-state index contributed by atoms with van der Waals surface area (Å²) in [4.78, 5) is 48.4. The number of phosphoric acid groups is 1. The van der Waals surface area contributed by atoms with Crippen LogP contribution in [0.2, 0.25) is 0 Å². The Bertz CT molecular complexity index is 1330. The van der Waals surface area contributed by atoms with E-state index in [1.807, 2.05) is 0 Å². The Morgan fingerprint density at radius 3 is 1.18 bits per heavy atom. The van der Waals surface area contributed by atoms with Crippen molar-refractivity contribution in [1.29, 1.82) is 0 Å². The van der Waals surface area contributed by atoms with Crippen LogP contribution in [0.4, 0.5) is 0 Å². The van der Waals surface area contributed by atoms with Gasteiger partial charge in [0, 0.05) is 19.3 Å². The molecule has 12 heteroatoms. The number of aliphatic hydroxyl groups excluding tert-OH is 1. The summed E-state index contributed by atoms with van der Waals surface area (Å²) < 4.78 is 39.4. The van der Waals surface area contributed by atoms with Crippen LogP contribution in [0, 0.1) is 0 Å². The Morgan fingerprint density at radius 2 is 0.750 bits per heavy atom. The van der Waals surface area contributed by atoms with Crippen LogP contribution < -0.4 is 0 Å². The van der Waals surface area contributed by atoms with Gasteiger partial charge in [0.05, 0.1) is 19.8 Å². The molecule has 0 radical (unpaired) electrons. The van der Waals surface area contributed by atoms with E-state index in [2.05, 4.69) is 69.4 Å². The quantitative estimate of drug-likeness (QED) is 0.0197. The van der Waals surface area contributed by atoms with Gasteiger partial charge in [0.2, 0.25) is 0 Å². The first-order valence-corrected chi connectivity index (χ1v) is 29.0. The lowest BCUT2D eigenvalue weighted by atomic mass is 10.1. The lowest BCUT2D eigenvalue weighted by Gasteiger charge is -2.21. The second-order valence-electron chi connectivity index (χ2n) is 18.4. The van der Waals surface area contributed by atoms with Gasteiger partial charge in [-0.05, 0) is 77.0 Å². The second-order valence-corrected chi connectivity index (χ2v) is 19.8. The lowest BCUT2D eigenvalue weighted by molar-refractivity contribution is -0.161. The van der Waals surface area contributed by atoms with E-state index in [9.17, 15) is 28.9 Å². The Labute approximate surface area is 415 Å². The predicted molar refractivity (Wildman–Crippen MR) is 279 cm³/mol. The van der Waals surface area contributed by atoms with Gasteiger partial charge in [-0.1, -0.05) is 204 Å². The third kappa shape index (κ3) is 48.5. The largest absolute Gasteiger partial charge is 0.472 e. The maximum absolute atomic E-state index is 12.9. The molecule has 0 saturated heterocycles. The first kappa shape index (κ1) is 65.4. The van der Waals surface area contributed by atoms with E-state index in [-0.39, 0.29) is 25.9 Å². The Balaban J connectivity index is 4.75. The average Bonchev–Trinajstić information content (AvgIpc) is 3.32. The number of phosphoric ester groups is 1. The summed E-state index contributed by atoms with van der Waals surface area (Å²) in [6.07, 6.45) is 52.1. The van der Waals surface area contributed by atoms with Gasteiger partial charge in [-0.25, -0.2) is 4.57 Å². The molecule has 68 heavy (non-hydrogen) atoms. The third-order valence-corrected chi connectivity index (χ3v) is 12.7. The number of carbonyl (C=O) groups excluding carboxylic acids is 3. The van der Waals surface area contributed by atoms with Crippen molar-refractivity contribution in [1.82, 2.24) is 0 Å². The van der Waals surface area contributed by atoms with Gasteiger partial charge in [-0.2, -0.15) is 0 Å². The molecular formula is C56H101O11P. The Hall–Kier alpha value is -2.56. The standard InChI is InChI=1S/C56H101O11P/c1-4-7-10-13-16-19-22-24-25-26-27-29-32-35-38-41-44-47-56(60)67-53(49-63-54(58)45-42-39-36-33-31-28-23-20-17-14-11-8-5-2)51-65-68(61,62)64-50-52(48-57)66-55(59)46-43-40-37-34-30-21-18-15-12-9-6-3/h11,14,16,19-20,23-25,52-53,57H,4-10,12-13,15,17-18,21-22,26-51H2,1-3H3,(H,61,62)/b14-11-,19-16-,23-20-,25-24-. The minimum absolute atomic E-state index is 0.157. The molecule has 0 amide bonds. The molecule has 11 nitrogen and oxygen atoms in total. The number of hydrogen-bond acceptors (Lipinski definition) is 10. The zero-order chi connectivity index (χ0) is 49.9. The van der Waals surface area contributed by atoms with Crippen LogP contribution in [-0.4, -0.2) is 66.5 Å². The molecule has 0 spiro atoms. The van der Waals surface area contributed by atoms with Crippen LogP contribution in [0.25, 0.3) is 0 Å². The normalized spacial score (nSPS) is 13.8. The average molecular weight is 981 g/mol. The fraction of sp³-hybridized carbons (Fsp3) is 0.804. The summed E-state index contributed by atoms with van der Waals surface area (Å²) in [7, 11) is -4.74. The Morgan fingerprint density at radius 1 is 0.412 bits per heavy atom.